The molecule has 0 aliphatic heterocycles. The third-order valence-corrected chi connectivity index (χ3v) is 3.01. The van der Waals surface area contributed by atoms with Gasteiger partial charge in [0.1, 0.15) is 0 Å². The molecule has 4 heteroatoms. The number of hydrogen-bond acceptors (Lipinski definition) is 4. The van der Waals surface area contributed by atoms with Crippen molar-refractivity contribution in [2.75, 3.05) is 6.54 Å². The minimum absolute atomic E-state index is 0.593. The zero-order chi connectivity index (χ0) is 10.5. The molecule has 0 spiro atoms. The quantitative estimate of drug-likeness (QED) is 0.812. The predicted octanol–water partition coefficient (Wildman–Crippen LogP) is 1.42. The van der Waals surface area contributed by atoms with E-state index in [9.17, 15) is 0 Å². The van der Waals surface area contributed by atoms with Gasteiger partial charge in [0.25, 0.3) is 0 Å². The first-order chi connectivity index (χ1) is 7.40. The topological polar surface area (TPSA) is 64.7 Å². The molecule has 2 rings (SSSR count). The number of rotatable bonds is 3. The first-order valence-electron chi connectivity index (χ1n) is 5.78. The van der Waals surface area contributed by atoms with Crippen LogP contribution in [-0.4, -0.2) is 21.7 Å². The second-order valence-electron chi connectivity index (χ2n) is 4.17. The minimum Gasteiger partial charge on any atom is -0.330 e. The van der Waals surface area contributed by atoms with Gasteiger partial charge < -0.3 is 5.73 Å². The van der Waals surface area contributed by atoms with E-state index in [0.717, 1.165) is 17.9 Å². The molecule has 0 aromatic carbocycles. The van der Waals surface area contributed by atoms with Gasteiger partial charge in [0, 0.05) is 12.3 Å². The molecular formula is C11H18N4. The highest BCUT2D eigenvalue weighted by molar-refractivity contribution is 5.05. The molecular weight excluding hydrogens is 188 g/mol. The molecule has 15 heavy (non-hydrogen) atoms. The molecule has 4 nitrogen and oxygen atoms in total. The normalized spacial score (nSPS) is 17.9. The fourth-order valence-corrected chi connectivity index (χ4v) is 2.18. The van der Waals surface area contributed by atoms with Crippen LogP contribution in [0, 0.1) is 0 Å². The summed E-state index contributed by atoms with van der Waals surface area (Å²) in [5.41, 5.74) is 6.60. The first-order valence-corrected chi connectivity index (χ1v) is 5.78. The molecule has 1 saturated carbocycles. The average molecular weight is 206 g/mol. The lowest BCUT2D eigenvalue weighted by atomic mass is 9.87. The summed E-state index contributed by atoms with van der Waals surface area (Å²) in [5.74, 6) is 1.39. The fourth-order valence-electron chi connectivity index (χ4n) is 2.18. The van der Waals surface area contributed by atoms with Crippen molar-refractivity contribution in [3.8, 4) is 0 Å². The van der Waals surface area contributed by atoms with Gasteiger partial charge in [0.15, 0.2) is 5.82 Å². The fraction of sp³-hybridized carbons (Fsp3) is 0.727. The van der Waals surface area contributed by atoms with Crippen LogP contribution in [0.3, 0.4) is 0 Å². The van der Waals surface area contributed by atoms with E-state index < -0.39 is 0 Å². The highest BCUT2D eigenvalue weighted by Gasteiger charge is 2.17. The minimum atomic E-state index is 0.593. The van der Waals surface area contributed by atoms with Gasteiger partial charge in [-0.1, -0.05) is 19.3 Å². The van der Waals surface area contributed by atoms with Crippen LogP contribution in [0.25, 0.3) is 0 Å². The van der Waals surface area contributed by atoms with E-state index in [1.54, 1.807) is 0 Å². The van der Waals surface area contributed by atoms with E-state index in [0.29, 0.717) is 12.5 Å². The van der Waals surface area contributed by atoms with E-state index in [-0.39, 0.29) is 0 Å². The lowest BCUT2D eigenvalue weighted by Gasteiger charge is -2.20. The molecule has 0 unspecified atom stereocenters. The van der Waals surface area contributed by atoms with Gasteiger partial charge >= 0.3 is 0 Å². The highest BCUT2D eigenvalue weighted by atomic mass is 15.1. The van der Waals surface area contributed by atoms with Gasteiger partial charge in [-0.15, -0.1) is 5.10 Å². The summed E-state index contributed by atoms with van der Waals surface area (Å²) >= 11 is 0. The lowest BCUT2D eigenvalue weighted by molar-refractivity contribution is 0.433. The van der Waals surface area contributed by atoms with Crippen LogP contribution in [0.5, 0.6) is 0 Å². The zero-order valence-electron chi connectivity index (χ0n) is 9.02. The highest BCUT2D eigenvalue weighted by Crippen LogP contribution is 2.30. The summed E-state index contributed by atoms with van der Waals surface area (Å²) in [7, 11) is 0. The van der Waals surface area contributed by atoms with Gasteiger partial charge in [0.2, 0.25) is 0 Å². The maximum Gasteiger partial charge on any atom is 0.152 e. The molecule has 1 heterocycles. The van der Waals surface area contributed by atoms with Gasteiger partial charge in [-0.25, -0.2) is 4.98 Å². The molecule has 1 aromatic rings. The second kappa shape index (κ2) is 5.16. The molecule has 1 aliphatic rings. The van der Waals surface area contributed by atoms with Crippen LogP contribution in [0.15, 0.2) is 6.20 Å². The Bertz CT molecular complexity index is 307. The van der Waals surface area contributed by atoms with Gasteiger partial charge in [-0.2, -0.15) is 5.10 Å². The molecule has 0 atom stereocenters. The van der Waals surface area contributed by atoms with Crippen molar-refractivity contribution in [3.05, 3.63) is 17.7 Å². The Labute approximate surface area is 90.3 Å². The number of nitrogens with zero attached hydrogens (tertiary/aromatic N) is 3. The van der Waals surface area contributed by atoms with Crippen molar-refractivity contribution in [1.82, 2.24) is 15.2 Å². The molecule has 1 aliphatic carbocycles. The molecule has 0 amide bonds. The second-order valence-corrected chi connectivity index (χ2v) is 4.17. The number of hydrogen-bond donors (Lipinski definition) is 1. The zero-order valence-corrected chi connectivity index (χ0v) is 9.02. The average Bonchev–Trinajstić information content (AvgIpc) is 2.31. The van der Waals surface area contributed by atoms with Crippen LogP contribution in [0.2, 0.25) is 0 Å². The van der Waals surface area contributed by atoms with E-state index in [1.165, 1.54) is 32.1 Å². The van der Waals surface area contributed by atoms with Crippen LogP contribution in [0.4, 0.5) is 0 Å². The molecule has 0 bridgehead atoms. The third kappa shape index (κ3) is 2.72. The summed E-state index contributed by atoms with van der Waals surface area (Å²) in [6.45, 7) is 0.593. The van der Waals surface area contributed by atoms with Crippen molar-refractivity contribution >= 4 is 0 Å². The standard InChI is InChI=1S/C11H18N4/c12-7-6-11-14-10(8-13-15-11)9-4-2-1-3-5-9/h8-9H,1-7,12H2. The summed E-state index contributed by atoms with van der Waals surface area (Å²) in [6.07, 6.45) is 9.05. The van der Waals surface area contributed by atoms with Crippen molar-refractivity contribution in [3.63, 3.8) is 0 Å². The van der Waals surface area contributed by atoms with E-state index in [4.69, 9.17) is 5.73 Å². The summed E-state index contributed by atoms with van der Waals surface area (Å²) in [5, 5.41) is 7.99. The van der Waals surface area contributed by atoms with Crippen molar-refractivity contribution < 1.29 is 0 Å². The van der Waals surface area contributed by atoms with Crippen molar-refractivity contribution in [2.24, 2.45) is 5.73 Å². The Hall–Kier alpha value is -1.03. The molecule has 82 valence electrons. The smallest absolute Gasteiger partial charge is 0.152 e. The van der Waals surface area contributed by atoms with Gasteiger partial charge in [-0.05, 0) is 19.4 Å². The van der Waals surface area contributed by atoms with Crippen molar-refractivity contribution in [2.45, 2.75) is 44.4 Å². The maximum atomic E-state index is 5.48. The van der Waals surface area contributed by atoms with Gasteiger partial charge in [0.05, 0.1) is 11.9 Å². The Balaban J connectivity index is 2.09. The van der Waals surface area contributed by atoms with Crippen molar-refractivity contribution in [1.29, 1.82) is 0 Å². The van der Waals surface area contributed by atoms with Gasteiger partial charge in [-0.3, -0.25) is 0 Å². The Kier molecular flexibility index (Phi) is 3.61. The summed E-state index contributed by atoms with van der Waals surface area (Å²) in [6, 6.07) is 0. The monoisotopic (exact) mass is 206 g/mol. The van der Waals surface area contributed by atoms with E-state index in [1.807, 2.05) is 6.20 Å². The Morgan fingerprint density at radius 1 is 1.27 bits per heavy atom. The SMILES string of the molecule is NCCc1nncc(C2CCCCC2)n1. The summed E-state index contributed by atoms with van der Waals surface area (Å²) in [4.78, 5) is 4.53. The first kappa shape index (κ1) is 10.5. The number of nitrogens with two attached hydrogens (primary N) is 1. The predicted molar refractivity (Wildman–Crippen MR) is 58.4 cm³/mol. The van der Waals surface area contributed by atoms with E-state index >= 15 is 0 Å². The molecule has 2 N–H and O–H groups in total. The molecule has 0 radical (unpaired) electrons. The van der Waals surface area contributed by atoms with Crippen LogP contribution >= 0.6 is 0 Å². The Morgan fingerprint density at radius 2 is 2.07 bits per heavy atom. The lowest BCUT2D eigenvalue weighted by Crippen LogP contribution is -2.12. The Morgan fingerprint density at radius 3 is 2.80 bits per heavy atom. The third-order valence-electron chi connectivity index (χ3n) is 3.01. The molecule has 1 fully saturated rings. The van der Waals surface area contributed by atoms with Crippen LogP contribution < -0.4 is 5.73 Å². The van der Waals surface area contributed by atoms with E-state index in [2.05, 4.69) is 15.2 Å². The number of aromatic nitrogens is 3. The molecule has 1 aromatic heterocycles. The van der Waals surface area contributed by atoms with Crippen LogP contribution in [-0.2, 0) is 6.42 Å². The summed E-state index contributed by atoms with van der Waals surface area (Å²) < 4.78 is 0. The largest absolute Gasteiger partial charge is 0.330 e. The van der Waals surface area contributed by atoms with Crippen LogP contribution in [0.1, 0.15) is 49.5 Å². The maximum absolute atomic E-state index is 5.48. The molecule has 0 saturated heterocycles.